The van der Waals surface area contributed by atoms with E-state index in [-0.39, 0.29) is 12.0 Å². The standard InChI is InChI=1S/C19H19ClN4O2/c1-23-16-12-14(20)4-3-13(16)11-17(23)18(25)24-9-5-15(6-10-24)26-19-21-7-2-8-22-19/h2-4,7-8,11-12,15H,5-6,9-10H2,1H3. The number of fused-ring (bicyclic) bond motifs is 1. The Morgan fingerprint density at radius 1 is 1.19 bits per heavy atom. The lowest BCUT2D eigenvalue weighted by Crippen LogP contribution is -2.42. The predicted molar refractivity (Wildman–Crippen MR) is 99.5 cm³/mol. The number of halogens is 1. The fraction of sp³-hybridized carbons (Fsp3) is 0.316. The number of nitrogens with zero attached hydrogens (tertiary/aromatic N) is 4. The van der Waals surface area contributed by atoms with Crippen molar-refractivity contribution in [1.29, 1.82) is 0 Å². The summed E-state index contributed by atoms with van der Waals surface area (Å²) in [4.78, 5) is 23.0. The number of likely N-dealkylation sites (tertiary alicyclic amines) is 1. The third-order valence-electron chi connectivity index (χ3n) is 4.77. The van der Waals surface area contributed by atoms with Crippen molar-refractivity contribution >= 4 is 28.4 Å². The van der Waals surface area contributed by atoms with Gasteiger partial charge < -0.3 is 14.2 Å². The molecule has 1 amide bonds. The van der Waals surface area contributed by atoms with E-state index >= 15 is 0 Å². The number of aromatic nitrogens is 3. The van der Waals surface area contributed by atoms with E-state index in [1.54, 1.807) is 18.5 Å². The molecule has 3 aromatic rings. The molecule has 1 aliphatic rings. The van der Waals surface area contributed by atoms with E-state index in [4.69, 9.17) is 16.3 Å². The van der Waals surface area contributed by atoms with Crippen LogP contribution in [0.15, 0.2) is 42.7 Å². The minimum absolute atomic E-state index is 0.0349. The highest BCUT2D eigenvalue weighted by molar-refractivity contribution is 6.31. The van der Waals surface area contributed by atoms with Crippen molar-refractivity contribution in [3.63, 3.8) is 0 Å². The van der Waals surface area contributed by atoms with Gasteiger partial charge in [-0.1, -0.05) is 17.7 Å². The van der Waals surface area contributed by atoms with Crippen LogP contribution in [-0.2, 0) is 7.05 Å². The number of piperidine rings is 1. The summed E-state index contributed by atoms with van der Waals surface area (Å²) in [5.74, 6) is 0.0363. The summed E-state index contributed by atoms with van der Waals surface area (Å²) >= 11 is 6.08. The van der Waals surface area contributed by atoms with Crippen molar-refractivity contribution in [2.24, 2.45) is 7.05 Å². The molecule has 1 fully saturated rings. The fourth-order valence-corrected chi connectivity index (χ4v) is 3.51. The molecule has 1 aliphatic heterocycles. The van der Waals surface area contributed by atoms with Crippen molar-refractivity contribution < 1.29 is 9.53 Å². The van der Waals surface area contributed by atoms with Crippen LogP contribution in [-0.4, -0.2) is 44.5 Å². The topological polar surface area (TPSA) is 60.2 Å². The van der Waals surface area contributed by atoms with Crippen LogP contribution in [0.1, 0.15) is 23.3 Å². The van der Waals surface area contributed by atoms with Crippen LogP contribution in [0.2, 0.25) is 5.02 Å². The molecule has 0 atom stereocenters. The van der Waals surface area contributed by atoms with Crippen molar-refractivity contribution in [1.82, 2.24) is 19.4 Å². The summed E-state index contributed by atoms with van der Waals surface area (Å²) in [6.07, 6.45) is 4.88. The number of aryl methyl sites for hydroxylation is 1. The monoisotopic (exact) mass is 370 g/mol. The van der Waals surface area contributed by atoms with E-state index in [2.05, 4.69) is 9.97 Å². The first-order valence-electron chi connectivity index (χ1n) is 8.60. The Bertz CT molecular complexity index is 933. The fourth-order valence-electron chi connectivity index (χ4n) is 3.34. The average molecular weight is 371 g/mol. The van der Waals surface area contributed by atoms with Gasteiger partial charge in [0.25, 0.3) is 5.91 Å². The summed E-state index contributed by atoms with van der Waals surface area (Å²) in [5.41, 5.74) is 1.63. The van der Waals surface area contributed by atoms with Gasteiger partial charge >= 0.3 is 6.01 Å². The molecular formula is C19H19ClN4O2. The van der Waals surface area contributed by atoms with Crippen LogP contribution in [0.5, 0.6) is 6.01 Å². The number of carbonyl (C=O) groups is 1. The Hall–Kier alpha value is -2.60. The number of rotatable bonds is 3. The maximum atomic E-state index is 12.9. The van der Waals surface area contributed by atoms with Gasteiger partial charge in [0.2, 0.25) is 0 Å². The Morgan fingerprint density at radius 2 is 1.92 bits per heavy atom. The molecule has 0 spiro atoms. The first-order valence-corrected chi connectivity index (χ1v) is 8.97. The minimum atomic E-state index is 0.0349. The Labute approximate surface area is 156 Å². The van der Waals surface area contributed by atoms with Crippen LogP contribution in [0.3, 0.4) is 0 Å². The number of hydrogen-bond donors (Lipinski definition) is 0. The van der Waals surface area contributed by atoms with Gasteiger partial charge in [0, 0.05) is 61.3 Å². The van der Waals surface area contributed by atoms with Crippen LogP contribution >= 0.6 is 11.6 Å². The highest BCUT2D eigenvalue weighted by atomic mass is 35.5. The summed E-state index contributed by atoms with van der Waals surface area (Å²) in [7, 11) is 1.90. The Balaban J connectivity index is 1.44. The van der Waals surface area contributed by atoms with Gasteiger partial charge in [0.1, 0.15) is 11.8 Å². The average Bonchev–Trinajstić information content (AvgIpc) is 2.99. The summed E-state index contributed by atoms with van der Waals surface area (Å²) in [6.45, 7) is 1.30. The quantitative estimate of drug-likeness (QED) is 0.709. The molecule has 4 rings (SSSR count). The molecule has 0 bridgehead atoms. The predicted octanol–water partition coefficient (Wildman–Crippen LogP) is 3.31. The number of benzene rings is 1. The van der Waals surface area contributed by atoms with Crippen molar-refractivity contribution in [3.8, 4) is 6.01 Å². The van der Waals surface area contributed by atoms with E-state index in [0.29, 0.717) is 29.8 Å². The second-order valence-corrected chi connectivity index (χ2v) is 6.87. The molecule has 6 nitrogen and oxygen atoms in total. The van der Waals surface area contributed by atoms with Gasteiger partial charge in [-0.3, -0.25) is 4.79 Å². The van der Waals surface area contributed by atoms with Crippen molar-refractivity contribution in [2.75, 3.05) is 13.1 Å². The third-order valence-corrected chi connectivity index (χ3v) is 5.00. The van der Waals surface area contributed by atoms with E-state index < -0.39 is 0 Å². The van der Waals surface area contributed by atoms with Gasteiger partial charge in [-0.25, -0.2) is 9.97 Å². The lowest BCUT2D eigenvalue weighted by molar-refractivity contribution is 0.0570. The molecule has 26 heavy (non-hydrogen) atoms. The van der Waals surface area contributed by atoms with Crippen molar-refractivity contribution in [3.05, 3.63) is 53.4 Å². The summed E-state index contributed by atoms with van der Waals surface area (Å²) < 4.78 is 7.70. The normalized spacial score (nSPS) is 15.4. The molecule has 7 heteroatoms. The van der Waals surface area contributed by atoms with Crippen LogP contribution in [0.4, 0.5) is 0 Å². The lowest BCUT2D eigenvalue weighted by atomic mass is 10.1. The van der Waals surface area contributed by atoms with E-state index in [1.165, 1.54) is 0 Å². The third kappa shape index (κ3) is 3.24. The zero-order valence-electron chi connectivity index (χ0n) is 14.4. The molecule has 2 aromatic heterocycles. The number of carbonyl (C=O) groups excluding carboxylic acids is 1. The molecule has 0 unspecified atom stereocenters. The lowest BCUT2D eigenvalue weighted by Gasteiger charge is -2.31. The number of amides is 1. The molecule has 134 valence electrons. The van der Waals surface area contributed by atoms with E-state index in [1.807, 2.05) is 40.8 Å². The zero-order chi connectivity index (χ0) is 18.1. The zero-order valence-corrected chi connectivity index (χ0v) is 15.2. The summed E-state index contributed by atoms with van der Waals surface area (Å²) in [5, 5.41) is 1.68. The van der Waals surface area contributed by atoms with Gasteiger partial charge in [0.15, 0.2) is 0 Å². The van der Waals surface area contributed by atoms with Crippen LogP contribution < -0.4 is 4.74 Å². The first kappa shape index (κ1) is 16.8. The molecule has 0 aliphatic carbocycles. The van der Waals surface area contributed by atoms with E-state index in [0.717, 1.165) is 23.7 Å². The van der Waals surface area contributed by atoms with Crippen molar-refractivity contribution in [2.45, 2.75) is 18.9 Å². The molecule has 0 N–H and O–H groups in total. The van der Waals surface area contributed by atoms with E-state index in [9.17, 15) is 4.79 Å². The minimum Gasteiger partial charge on any atom is -0.460 e. The second kappa shape index (κ2) is 6.96. The van der Waals surface area contributed by atoms with Gasteiger partial charge in [-0.05, 0) is 24.3 Å². The molecule has 3 heterocycles. The number of hydrogen-bond acceptors (Lipinski definition) is 4. The maximum Gasteiger partial charge on any atom is 0.316 e. The highest BCUT2D eigenvalue weighted by Gasteiger charge is 2.27. The van der Waals surface area contributed by atoms with Crippen LogP contribution in [0, 0.1) is 0 Å². The molecular weight excluding hydrogens is 352 g/mol. The molecule has 1 aromatic carbocycles. The molecule has 0 radical (unpaired) electrons. The van der Waals surface area contributed by atoms with Gasteiger partial charge in [-0.15, -0.1) is 0 Å². The largest absolute Gasteiger partial charge is 0.460 e. The smallest absolute Gasteiger partial charge is 0.316 e. The Kier molecular flexibility index (Phi) is 4.51. The molecule has 1 saturated heterocycles. The number of ether oxygens (including phenoxy) is 1. The highest BCUT2D eigenvalue weighted by Crippen LogP contribution is 2.24. The summed E-state index contributed by atoms with van der Waals surface area (Å²) in [6, 6.07) is 9.73. The maximum absolute atomic E-state index is 12.9. The van der Waals surface area contributed by atoms with Gasteiger partial charge in [-0.2, -0.15) is 0 Å². The first-order chi connectivity index (χ1) is 12.6. The van der Waals surface area contributed by atoms with Crippen LogP contribution in [0.25, 0.3) is 10.9 Å². The Morgan fingerprint density at radius 3 is 2.65 bits per heavy atom. The second-order valence-electron chi connectivity index (χ2n) is 6.43. The SMILES string of the molecule is Cn1c(C(=O)N2CCC(Oc3ncccn3)CC2)cc2ccc(Cl)cc21. The van der Waals surface area contributed by atoms with Gasteiger partial charge in [0.05, 0.1) is 0 Å². The molecule has 0 saturated carbocycles.